The molecule has 1 fully saturated rings. The number of benzene rings is 7. The Kier molecular flexibility index (Phi) is 41.3. The zero-order valence-corrected chi connectivity index (χ0v) is 82.7. The molecule has 38 heteroatoms. The molecule has 0 spiro atoms. The van der Waals surface area contributed by atoms with Crippen LogP contribution in [-0.4, -0.2) is 148 Å². The van der Waals surface area contributed by atoms with E-state index in [2.05, 4.69) is 118 Å². The molecule has 1 unspecified atom stereocenters. The first-order valence-electron chi connectivity index (χ1n) is 41.7. The fourth-order valence-corrected chi connectivity index (χ4v) is 16.9. The van der Waals surface area contributed by atoms with Crippen LogP contribution in [0, 0.1) is 21.8 Å². The fraction of sp³-hybridized carbons (Fsp3) is 0.265. The zero-order chi connectivity index (χ0) is 95.6. The number of aromatic nitrogens is 9. The fourth-order valence-electron chi connectivity index (χ4n) is 15.7. The summed E-state index contributed by atoms with van der Waals surface area (Å²) in [5, 5.41) is 16.4. The van der Waals surface area contributed by atoms with Gasteiger partial charge >= 0.3 is 85.0 Å². The molecule has 14 aromatic rings. The number of hydrogen-bond acceptors (Lipinski definition) is 23. The van der Waals surface area contributed by atoms with Crippen molar-refractivity contribution in [2.45, 2.75) is 139 Å². The summed E-state index contributed by atoms with van der Waals surface area (Å²) < 4.78 is 57.6. The molecule has 0 amide bonds. The van der Waals surface area contributed by atoms with Crippen molar-refractivity contribution in [3.05, 3.63) is 288 Å². The molecule has 705 valence electrons. The summed E-state index contributed by atoms with van der Waals surface area (Å²) >= 11 is 23.3. The van der Waals surface area contributed by atoms with Crippen LogP contribution in [0.3, 0.4) is 0 Å². The number of thiol groups is 1. The molecule has 0 saturated carbocycles. The van der Waals surface area contributed by atoms with Gasteiger partial charge in [0.2, 0.25) is 16.4 Å². The van der Waals surface area contributed by atoms with Crippen molar-refractivity contribution in [2.75, 3.05) is 33.7 Å². The summed E-state index contributed by atoms with van der Waals surface area (Å²) in [5.74, 6) is -1.88. The van der Waals surface area contributed by atoms with Crippen molar-refractivity contribution in [2.24, 2.45) is 10.2 Å². The van der Waals surface area contributed by atoms with Gasteiger partial charge in [0.25, 0.3) is 0 Å². The van der Waals surface area contributed by atoms with Crippen molar-refractivity contribution in [3.8, 4) is 17.0 Å². The van der Waals surface area contributed by atoms with E-state index in [0.29, 0.717) is 61.8 Å². The molecule has 1 atom stereocenters. The van der Waals surface area contributed by atoms with E-state index in [0.717, 1.165) is 137 Å². The number of para-hydroxylation sites is 5. The second kappa shape index (κ2) is 50.5. The summed E-state index contributed by atoms with van der Waals surface area (Å²) in [6.07, 6.45) is 9.25. The van der Waals surface area contributed by atoms with Crippen molar-refractivity contribution in [3.63, 3.8) is 0 Å². The minimum atomic E-state index is -0.962. The second-order valence-electron chi connectivity index (χ2n) is 30.6. The SMILES string of the molecule is C.C.C=CC(=O)OC.CC.CC1(C)OB(c2c3n(c4ccccc24)CCC3=O)OC1(C)C.CCOC(=O)C1=Cc2ccccc2C1.COC(=O)C1Cn2c(cc3ccccc32)C1=O.COc1cc(F)c([N+](=O)[O-])cc1N.Cl.Clc1ccnc(Cl)n1.O=C1CCn2c1c(-c1ccnc(Cl)n1)c1ccccc12.O=C1CCn2c1c(Br)c1ccccc12.O=C1CCn2c1cc1ccccc12.[B]=NS.[H-].[Na+]. The smallest absolute Gasteiger partial charge is 1.00 e. The Balaban J connectivity index is 0.000000238. The van der Waals surface area contributed by atoms with Crippen molar-refractivity contribution in [1.29, 1.82) is 0 Å². The Morgan fingerprint density at radius 3 is 1.65 bits per heavy atom. The monoisotopic (exact) mass is 2020 g/mol. The minimum absolute atomic E-state index is 0. The average Bonchev–Trinajstić information content (AvgIpc) is 1.56. The number of nitrogens with two attached hydrogens (primary N) is 1. The molecule has 21 rings (SSSR count). The number of ether oxygens (including phenoxy) is 4. The largest absolute Gasteiger partial charge is 1.00 e. The molecule has 1 radical (unpaired) electrons. The summed E-state index contributed by atoms with van der Waals surface area (Å²) in [4.78, 5) is 117. The number of carbonyl (C=O) groups excluding carboxylic acids is 8. The molecule has 136 heavy (non-hydrogen) atoms. The van der Waals surface area contributed by atoms with Crippen LogP contribution >= 0.6 is 76.0 Å². The molecular formula is C98H102B2BrCl4FN12NaO16S. The van der Waals surface area contributed by atoms with Crippen LogP contribution in [0.5, 0.6) is 5.75 Å². The summed E-state index contributed by atoms with van der Waals surface area (Å²) in [5.41, 5.74) is 18.8. The first-order valence-corrected chi connectivity index (χ1v) is 44.0. The van der Waals surface area contributed by atoms with Crippen LogP contribution in [-0.2, 0) is 77.0 Å². The standard InChI is InChI=1S/C17H20BNO3.C15H10ClN3O.C13H11NO3.C12H12O2.C11H8BrNO.C11H9NO.C7H7FN2O3.C4H2Cl2N2.C4H6O2.C2H6.2CH4.BHNS.ClH.Na.H/c1-16(2)17(3,4)22-18(21-16)14-11-7-5-6-8-12(11)19-10-9-13(20)15(14)19;16-15-17-7-5-10(18-15)13-9-3-1-2-4-11(9)19-8-6-12(20)14(13)19;1-17-13(16)9-7-14-10-5-3-2-4-8(10)6-11(14)12(9)15;1-2-14-12(13)11-7-9-5-3-4-6-10(9)8-11;12-10-7-3-1-2-4-8(7)13-6-5-9(14)11(10)13;13-11-5-6-12-9-4-2-1-3-8(9)7-10(11)12;1-13-7-2-4(8)6(10(11)12)3-5(7)9;5-3-1-2-7-4(6)8-3;1-3-4(5)6-2;1-2;;;1-2-3;;;/h5-8H,9-10H2,1-4H3;1-5,7H,6,8H2;2-6,9H,7H2,1H3;3-7H,2,8H2,1H3;1-4H,5-6H2;1-4,7H,5-6H2;2-3H,9H2,1H3;1-2H;3H,1H2,2H3;1-2H3;2*1H4;3H;1H;;/q;;;;;;;;;;;;;;+1;-1. The van der Waals surface area contributed by atoms with Gasteiger partial charge in [-0.05, 0) is 146 Å². The average molecular weight is 2020 g/mol. The van der Waals surface area contributed by atoms with Crippen LogP contribution in [0.4, 0.5) is 15.8 Å². The third-order valence-electron chi connectivity index (χ3n) is 22.4. The van der Waals surface area contributed by atoms with E-state index in [4.69, 9.17) is 54.6 Å². The third kappa shape index (κ3) is 25.0. The van der Waals surface area contributed by atoms with Crippen LogP contribution in [0.1, 0.15) is 154 Å². The maximum absolute atomic E-state index is 12.9. The normalized spacial score (nSPS) is 14.3. The number of carbonyl (C=O) groups is 8. The van der Waals surface area contributed by atoms with E-state index in [-0.39, 0.29) is 115 Å². The van der Waals surface area contributed by atoms with E-state index in [1.165, 1.54) is 44.0 Å². The first kappa shape index (κ1) is 111. The van der Waals surface area contributed by atoms with Gasteiger partial charge in [-0.25, -0.2) is 29.5 Å². The first-order chi connectivity index (χ1) is 63.3. The minimum Gasteiger partial charge on any atom is -1.00 e. The second-order valence-corrected chi connectivity index (χ2v) is 32.7. The third-order valence-corrected chi connectivity index (χ3v) is 23.8. The summed E-state index contributed by atoms with van der Waals surface area (Å²) in [7, 11) is 7.76. The summed E-state index contributed by atoms with van der Waals surface area (Å²) in [6.45, 7) is 21.1. The van der Waals surface area contributed by atoms with Crippen LogP contribution in [0.15, 0.2) is 221 Å². The Morgan fingerprint density at radius 1 is 0.662 bits per heavy atom. The van der Waals surface area contributed by atoms with Gasteiger partial charge in [-0.2, -0.15) is 4.39 Å². The number of hydrogen-bond donors (Lipinski definition) is 2. The van der Waals surface area contributed by atoms with Crippen molar-refractivity contribution < 1.29 is 107 Å². The van der Waals surface area contributed by atoms with Gasteiger partial charge in [-0.1, -0.05) is 162 Å². The van der Waals surface area contributed by atoms with E-state index in [1.807, 2.05) is 199 Å². The number of ketones is 5. The number of nitrogens with zero attached hydrogens (tertiary/aromatic N) is 11. The molecule has 13 heterocycles. The molecule has 7 aliphatic rings. The van der Waals surface area contributed by atoms with Crippen molar-refractivity contribution >= 4 is 215 Å². The number of aryl methyl sites for hydroxylation is 4. The van der Waals surface area contributed by atoms with Crippen LogP contribution < -0.4 is 45.5 Å². The van der Waals surface area contributed by atoms with Gasteiger partial charge < -0.3 is 58.3 Å². The number of nitro benzene ring substituents is 1. The topological polar surface area (TPSA) is 350 Å². The molecule has 2 N–H and O–H groups in total. The number of nitrogen functional groups attached to an aromatic ring is 1. The van der Waals surface area contributed by atoms with Gasteiger partial charge in [0.15, 0.2) is 28.9 Å². The van der Waals surface area contributed by atoms with Crippen LogP contribution in [0.2, 0.25) is 15.7 Å². The Morgan fingerprint density at radius 2 is 1.13 bits per heavy atom. The van der Waals surface area contributed by atoms with E-state index < -0.39 is 52.6 Å². The van der Waals surface area contributed by atoms with Gasteiger partial charge in [0, 0.05) is 167 Å². The van der Waals surface area contributed by atoms with Crippen molar-refractivity contribution in [1.82, 2.24) is 42.8 Å². The molecule has 28 nitrogen and oxygen atoms in total. The molecule has 0 bridgehead atoms. The van der Waals surface area contributed by atoms with Gasteiger partial charge in [-0.3, -0.25) is 38.9 Å². The van der Waals surface area contributed by atoms with Gasteiger partial charge in [0.1, 0.15) is 16.8 Å². The number of nitro groups is 1. The molecule has 1 saturated heterocycles. The zero-order valence-electron chi connectivity index (χ0n) is 76.1. The maximum atomic E-state index is 12.9. The molecule has 7 aromatic heterocycles. The Labute approximate surface area is 846 Å². The number of rotatable bonds is 8. The summed E-state index contributed by atoms with van der Waals surface area (Å²) in [6, 6.07) is 57.1. The van der Waals surface area contributed by atoms with E-state index in [1.54, 1.807) is 18.3 Å². The molecular weight excluding hydrogens is 1920 g/mol. The molecule has 6 aliphatic heterocycles. The van der Waals surface area contributed by atoms with Gasteiger partial charge in [0.05, 0.1) is 88.4 Å². The maximum Gasteiger partial charge on any atom is 1.00 e. The predicted molar refractivity (Wildman–Crippen MR) is 538 cm³/mol. The van der Waals surface area contributed by atoms with Gasteiger partial charge in [-0.15, -0.1) is 12.4 Å². The molecule has 7 aromatic carbocycles. The number of anilines is 1. The predicted octanol–water partition coefficient (Wildman–Crippen LogP) is 18.4. The Hall–Kier alpha value is -11.6. The van der Waals surface area contributed by atoms with E-state index >= 15 is 0 Å². The Bertz CT molecular complexity index is 6800. The molecule has 1 aliphatic carbocycles. The number of methoxy groups -OCH3 is 3. The number of fused-ring (bicyclic) bond motifs is 16. The van der Waals surface area contributed by atoms with Crippen LogP contribution in [0.25, 0.3) is 71.8 Å². The number of halogens is 6. The quantitative estimate of drug-likeness (QED) is 0.0122. The van der Waals surface area contributed by atoms with E-state index in [9.17, 15) is 52.9 Å². The number of esters is 3. The number of Topliss-reactive ketones (excluding diaryl/α,β-unsaturated/α-hetero) is 5.